The number of benzene rings is 2. The molecule has 2 rings (SSSR count). The van der Waals surface area contributed by atoms with E-state index in [1.54, 1.807) is 44.2 Å². The Balaban J connectivity index is 2.39. The molecule has 0 heterocycles. The zero-order chi connectivity index (χ0) is 15.5. The fourth-order valence-corrected chi connectivity index (χ4v) is 2.28. The molecule has 2 aromatic carbocycles. The zero-order valence-electron chi connectivity index (χ0n) is 12.2. The van der Waals surface area contributed by atoms with Crippen molar-refractivity contribution in [3.05, 3.63) is 66.0 Å². The molecule has 110 valence electrons. The van der Waals surface area contributed by atoms with Crippen LogP contribution in [0.1, 0.15) is 19.4 Å². The zero-order valence-corrected chi connectivity index (χ0v) is 12.2. The van der Waals surface area contributed by atoms with E-state index in [0.29, 0.717) is 12.1 Å². The number of likely N-dealkylation sites (N-methyl/N-ethyl adjacent to an activating group) is 1. The molecular formula is C17H19FN2O. The molecular weight excluding hydrogens is 267 g/mol. The van der Waals surface area contributed by atoms with Crippen LogP contribution in [0.5, 0.6) is 0 Å². The minimum Gasteiger partial charge on any atom is -0.314 e. The Kier molecular flexibility index (Phi) is 4.38. The third kappa shape index (κ3) is 2.95. The highest BCUT2D eigenvalue weighted by Crippen LogP contribution is 2.26. The van der Waals surface area contributed by atoms with Gasteiger partial charge in [0.05, 0.1) is 5.69 Å². The Morgan fingerprint density at radius 1 is 1.14 bits per heavy atom. The van der Waals surface area contributed by atoms with Gasteiger partial charge >= 0.3 is 0 Å². The number of nitrogens with zero attached hydrogens (tertiary/aromatic N) is 1. The summed E-state index contributed by atoms with van der Waals surface area (Å²) in [4.78, 5) is 14.2. The van der Waals surface area contributed by atoms with Crippen LogP contribution >= 0.6 is 0 Å². The number of amides is 1. The summed E-state index contributed by atoms with van der Waals surface area (Å²) in [7, 11) is 0. The van der Waals surface area contributed by atoms with Crippen LogP contribution in [0, 0.1) is 5.82 Å². The summed E-state index contributed by atoms with van der Waals surface area (Å²) in [5, 5.41) is 0. The van der Waals surface area contributed by atoms with Gasteiger partial charge in [0.25, 0.3) is 5.91 Å². The molecule has 0 fully saturated rings. The second kappa shape index (κ2) is 6.06. The Labute approximate surface area is 124 Å². The third-order valence-corrected chi connectivity index (χ3v) is 3.52. The first-order valence-corrected chi connectivity index (χ1v) is 6.89. The van der Waals surface area contributed by atoms with Crippen LogP contribution < -0.4 is 10.6 Å². The number of carbonyl (C=O) groups is 1. The topological polar surface area (TPSA) is 46.3 Å². The SMILES string of the molecule is CCN(C(=O)C(C)(N)c1ccccc1)c1ccccc1F. The lowest BCUT2D eigenvalue weighted by atomic mass is 9.91. The number of anilines is 1. The van der Waals surface area contributed by atoms with Gasteiger partial charge in [-0.2, -0.15) is 0 Å². The summed E-state index contributed by atoms with van der Waals surface area (Å²) in [5.41, 5.74) is 5.97. The predicted octanol–water partition coefficient (Wildman–Crippen LogP) is 3.05. The Morgan fingerprint density at radius 3 is 2.29 bits per heavy atom. The maximum Gasteiger partial charge on any atom is 0.251 e. The largest absolute Gasteiger partial charge is 0.314 e. The first-order chi connectivity index (χ1) is 9.98. The third-order valence-electron chi connectivity index (χ3n) is 3.52. The first kappa shape index (κ1) is 15.2. The van der Waals surface area contributed by atoms with Crippen molar-refractivity contribution in [1.29, 1.82) is 0 Å². The molecule has 0 saturated heterocycles. The molecule has 3 nitrogen and oxygen atoms in total. The van der Waals surface area contributed by atoms with Gasteiger partial charge in [0.15, 0.2) is 0 Å². The molecule has 0 aliphatic heterocycles. The lowest BCUT2D eigenvalue weighted by Crippen LogP contribution is -2.51. The predicted molar refractivity (Wildman–Crippen MR) is 82.4 cm³/mol. The molecule has 0 radical (unpaired) electrons. The molecule has 0 aromatic heterocycles. The molecule has 2 aromatic rings. The van der Waals surface area contributed by atoms with E-state index in [-0.39, 0.29) is 11.6 Å². The summed E-state index contributed by atoms with van der Waals surface area (Å²) >= 11 is 0. The molecule has 1 unspecified atom stereocenters. The van der Waals surface area contributed by atoms with E-state index in [1.807, 2.05) is 18.2 Å². The van der Waals surface area contributed by atoms with Gasteiger partial charge in [-0.1, -0.05) is 42.5 Å². The maximum absolute atomic E-state index is 13.9. The summed E-state index contributed by atoms with van der Waals surface area (Å²) in [6.45, 7) is 3.79. The van der Waals surface area contributed by atoms with Crippen LogP contribution in [0.3, 0.4) is 0 Å². The average Bonchev–Trinajstić information content (AvgIpc) is 2.50. The number of rotatable bonds is 4. The van der Waals surface area contributed by atoms with E-state index >= 15 is 0 Å². The van der Waals surface area contributed by atoms with Crippen LogP contribution in [0.25, 0.3) is 0 Å². The molecule has 0 spiro atoms. The summed E-state index contributed by atoms with van der Waals surface area (Å²) in [5.74, 6) is -0.766. The molecule has 0 bridgehead atoms. The highest BCUT2D eigenvalue weighted by Gasteiger charge is 2.35. The first-order valence-electron chi connectivity index (χ1n) is 6.89. The number of hydrogen-bond acceptors (Lipinski definition) is 2. The second-order valence-corrected chi connectivity index (χ2v) is 5.07. The van der Waals surface area contributed by atoms with Gasteiger partial charge in [0.1, 0.15) is 11.4 Å². The van der Waals surface area contributed by atoms with Crippen LogP contribution in [-0.2, 0) is 10.3 Å². The highest BCUT2D eigenvalue weighted by molar-refractivity contribution is 6.00. The number of halogens is 1. The van der Waals surface area contributed by atoms with Crippen molar-refractivity contribution >= 4 is 11.6 Å². The Hall–Kier alpha value is -2.20. The fraction of sp³-hybridized carbons (Fsp3) is 0.235. The molecule has 1 amide bonds. The maximum atomic E-state index is 13.9. The van der Waals surface area contributed by atoms with E-state index < -0.39 is 11.4 Å². The van der Waals surface area contributed by atoms with Gasteiger partial charge in [0.2, 0.25) is 0 Å². The molecule has 4 heteroatoms. The molecule has 0 aliphatic rings. The Bertz CT molecular complexity index is 626. The molecule has 21 heavy (non-hydrogen) atoms. The number of nitrogens with two attached hydrogens (primary N) is 1. The standard InChI is InChI=1S/C17H19FN2O/c1-3-20(15-12-8-7-11-14(15)18)16(21)17(2,19)13-9-5-4-6-10-13/h4-12H,3,19H2,1-2H3. The summed E-state index contributed by atoms with van der Waals surface area (Å²) < 4.78 is 13.9. The van der Waals surface area contributed by atoms with Gasteiger partial charge in [-0.25, -0.2) is 4.39 Å². The summed E-state index contributed by atoms with van der Waals surface area (Å²) in [6.07, 6.45) is 0. The molecule has 0 saturated carbocycles. The number of para-hydroxylation sites is 1. The van der Waals surface area contributed by atoms with Crippen LogP contribution in [0.15, 0.2) is 54.6 Å². The molecule has 2 N–H and O–H groups in total. The lowest BCUT2D eigenvalue weighted by molar-refractivity contribution is -0.123. The number of hydrogen-bond donors (Lipinski definition) is 1. The van der Waals surface area contributed by atoms with Crippen molar-refractivity contribution in [2.45, 2.75) is 19.4 Å². The van der Waals surface area contributed by atoms with E-state index in [4.69, 9.17) is 5.73 Å². The van der Waals surface area contributed by atoms with Gasteiger partial charge in [0, 0.05) is 6.54 Å². The van der Waals surface area contributed by atoms with E-state index in [1.165, 1.54) is 11.0 Å². The fourth-order valence-electron chi connectivity index (χ4n) is 2.28. The van der Waals surface area contributed by atoms with Crippen LogP contribution in [0.4, 0.5) is 10.1 Å². The van der Waals surface area contributed by atoms with Crippen molar-refractivity contribution in [3.63, 3.8) is 0 Å². The van der Waals surface area contributed by atoms with Crippen molar-refractivity contribution in [2.75, 3.05) is 11.4 Å². The lowest BCUT2D eigenvalue weighted by Gasteiger charge is -2.31. The smallest absolute Gasteiger partial charge is 0.251 e. The van der Waals surface area contributed by atoms with E-state index in [2.05, 4.69) is 0 Å². The monoisotopic (exact) mass is 286 g/mol. The highest BCUT2D eigenvalue weighted by atomic mass is 19.1. The minimum absolute atomic E-state index is 0.248. The molecule has 1 atom stereocenters. The van der Waals surface area contributed by atoms with Gasteiger partial charge in [-0.3, -0.25) is 4.79 Å². The van der Waals surface area contributed by atoms with Crippen molar-refractivity contribution < 1.29 is 9.18 Å². The van der Waals surface area contributed by atoms with E-state index in [0.717, 1.165) is 0 Å². The second-order valence-electron chi connectivity index (χ2n) is 5.07. The van der Waals surface area contributed by atoms with Gasteiger partial charge in [-0.15, -0.1) is 0 Å². The average molecular weight is 286 g/mol. The Morgan fingerprint density at radius 2 is 1.71 bits per heavy atom. The van der Waals surface area contributed by atoms with Crippen molar-refractivity contribution in [1.82, 2.24) is 0 Å². The van der Waals surface area contributed by atoms with E-state index in [9.17, 15) is 9.18 Å². The van der Waals surface area contributed by atoms with Gasteiger partial charge < -0.3 is 10.6 Å². The van der Waals surface area contributed by atoms with Crippen LogP contribution in [-0.4, -0.2) is 12.5 Å². The summed E-state index contributed by atoms with van der Waals surface area (Å²) in [6, 6.07) is 15.3. The van der Waals surface area contributed by atoms with Crippen molar-refractivity contribution in [3.8, 4) is 0 Å². The quantitative estimate of drug-likeness (QED) is 0.939. The number of carbonyl (C=O) groups excluding carboxylic acids is 1. The minimum atomic E-state index is -1.21. The van der Waals surface area contributed by atoms with Gasteiger partial charge in [-0.05, 0) is 31.5 Å². The normalized spacial score (nSPS) is 13.5. The van der Waals surface area contributed by atoms with Crippen molar-refractivity contribution in [2.24, 2.45) is 5.73 Å². The van der Waals surface area contributed by atoms with Crippen LogP contribution in [0.2, 0.25) is 0 Å². The molecule has 0 aliphatic carbocycles.